The van der Waals surface area contributed by atoms with Crippen LogP contribution in [0, 0.1) is 12.3 Å². The third-order valence-electron chi connectivity index (χ3n) is 3.06. The van der Waals surface area contributed by atoms with Crippen molar-refractivity contribution in [2.24, 2.45) is 5.41 Å². The van der Waals surface area contributed by atoms with Gasteiger partial charge >= 0.3 is 0 Å². The van der Waals surface area contributed by atoms with E-state index in [1.54, 1.807) is 0 Å². The van der Waals surface area contributed by atoms with Gasteiger partial charge in [0.05, 0.1) is 0 Å². The molecular formula is C14H29. The standard InChI is InChI=1S/C14H29/c1-5-7-9-11-13-14(3,4)12-10-8-6-2/h2,5-13H2,1,3-4H3. The minimum absolute atomic E-state index is 0.572. The van der Waals surface area contributed by atoms with Crippen LogP contribution < -0.4 is 0 Å². The van der Waals surface area contributed by atoms with Gasteiger partial charge in [0.15, 0.2) is 0 Å². The molecule has 0 aromatic rings. The molecule has 0 fully saturated rings. The van der Waals surface area contributed by atoms with Crippen LogP contribution in [0.4, 0.5) is 0 Å². The number of rotatable bonds is 9. The average molecular weight is 197 g/mol. The zero-order valence-corrected chi connectivity index (χ0v) is 10.6. The third-order valence-corrected chi connectivity index (χ3v) is 3.06. The highest BCUT2D eigenvalue weighted by atomic mass is 14.2. The van der Waals surface area contributed by atoms with Crippen molar-refractivity contribution >= 4 is 0 Å². The predicted molar refractivity (Wildman–Crippen MR) is 66.4 cm³/mol. The molecule has 0 N–H and O–H groups in total. The zero-order chi connectivity index (χ0) is 10.9. The van der Waals surface area contributed by atoms with Crippen LogP contribution in [0.5, 0.6) is 0 Å². The van der Waals surface area contributed by atoms with Crippen LogP contribution in [0.1, 0.15) is 78.6 Å². The Morgan fingerprint density at radius 2 is 1.43 bits per heavy atom. The zero-order valence-electron chi connectivity index (χ0n) is 10.6. The third kappa shape index (κ3) is 8.59. The monoisotopic (exact) mass is 197 g/mol. The fourth-order valence-electron chi connectivity index (χ4n) is 1.94. The van der Waals surface area contributed by atoms with E-state index in [1.807, 2.05) is 0 Å². The lowest BCUT2D eigenvalue weighted by Gasteiger charge is -2.24. The molecule has 0 heteroatoms. The predicted octanol–water partition coefficient (Wildman–Crippen LogP) is 5.38. The summed E-state index contributed by atoms with van der Waals surface area (Å²) in [5.41, 5.74) is 0.572. The normalized spacial score (nSPS) is 12.0. The van der Waals surface area contributed by atoms with Crippen molar-refractivity contribution in [3.8, 4) is 0 Å². The van der Waals surface area contributed by atoms with Crippen LogP contribution >= 0.6 is 0 Å². The maximum Gasteiger partial charge on any atom is -0.0354 e. The van der Waals surface area contributed by atoms with Gasteiger partial charge in [0.25, 0.3) is 0 Å². The average Bonchev–Trinajstić information content (AvgIpc) is 2.13. The fraction of sp³-hybridized carbons (Fsp3) is 0.929. The molecule has 0 nitrogen and oxygen atoms in total. The molecule has 0 amide bonds. The van der Waals surface area contributed by atoms with Crippen LogP contribution in [-0.2, 0) is 0 Å². The molecule has 0 aromatic carbocycles. The van der Waals surface area contributed by atoms with E-state index in [4.69, 9.17) is 0 Å². The fourth-order valence-corrected chi connectivity index (χ4v) is 1.94. The van der Waals surface area contributed by atoms with E-state index in [0.29, 0.717) is 5.41 Å². The van der Waals surface area contributed by atoms with Crippen molar-refractivity contribution in [1.29, 1.82) is 0 Å². The van der Waals surface area contributed by atoms with Gasteiger partial charge < -0.3 is 0 Å². The highest BCUT2D eigenvalue weighted by Crippen LogP contribution is 2.30. The minimum Gasteiger partial charge on any atom is -0.0654 e. The maximum absolute atomic E-state index is 3.89. The summed E-state index contributed by atoms with van der Waals surface area (Å²) in [5.74, 6) is 0. The summed E-state index contributed by atoms with van der Waals surface area (Å²) in [5, 5.41) is 0. The molecule has 0 spiro atoms. The molecule has 0 aromatic heterocycles. The second kappa shape index (κ2) is 8.32. The largest absolute Gasteiger partial charge is 0.0654 e. The van der Waals surface area contributed by atoms with Crippen LogP contribution in [0.25, 0.3) is 0 Å². The lowest BCUT2D eigenvalue weighted by molar-refractivity contribution is 0.284. The van der Waals surface area contributed by atoms with Crippen molar-refractivity contribution in [2.45, 2.75) is 78.6 Å². The van der Waals surface area contributed by atoms with Crippen molar-refractivity contribution in [1.82, 2.24) is 0 Å². The highest BCUT2D eigenvalue weighted by Gasteiger charge is 2.15. The van der Waals surface area contributed by atoms with Crippen LogP contribution in [-0.4, -0.2) is 0 Å². The lowest BCUT2D eigenvalue weighted by atomic mass is 9.82. The van der Waals surface area contributed by atoms with Crippen LogP contribution in [0.3, 0.4) is 0 Å². The molecule has 0 unspecified atom stereocenters. The van der Waals surface area contributed by atoms with Gasteiger partial charge in [-0.15, -0.1) is 0 Å². The highest BCUT2D eigenvalue weighted by molar-refractivity contribution is 4.68. The number of unbranched alkanes of at least 4 members (excludes halogenated alkanes) is 5. The Hall–Kier alpha value is 0. The maximum atomic E-state index is 3.89. The SMILES string of the molecule is [CH2]CCCCC(C)(C)CCCCCC. The Kier molecular flexibility index (Phi) is 8.32. The van der Waals surface area contributed by atoms with Crippen molar-refractivity contribution < 1.29 is 0 Å². The molecule has 0 heterocycles. The molecule has 14 heavy (non-hydrogen) atoms. The number of hydrogen-bond acceptors (Lipinski definition) is 0. The molecule has 0 aliphatic rings. The summed E-state index contributed by atoms with van der Waals surface area (Å²) < 4.78 is 0. The summed E-state index contributed by atoms with van der Waals surface area (Å²) in [6.07, 6.45) is 12.2. The first-order chi connectivity index (χ1) is 6.62. The van der Waals surface area contributed by atoms with Gasteiger partial charge in [-0.2, -0.15) is 0 Å². The Morgan fingerprint density at radius 3 is 1.93 bits per heavy atom. The van der Waals surface area contributed by atoms with Crippen LogP contribution in [0.15, 0.2) is 0 Å². The summed E-state index contributed by atoms with van der Waals surface area (Å²) in [7, 11) is 0. The van der Waals surface area contributed by atoms with E-state index in [0.717, 1.165) is 6.42 Å². The first-order valence-corrected chi connectivity index (χ1v) is 6.41. The summed E-state index contributed by atoms with van der Waals surface area (Å²) in [6.45, 7) is 11.0. The van der Waals surface area contributed by atoms with E-state index in [9.17, 15) is 0 Å². The summed E-state index contributed by atoms with van der Waals surface area (Å²) in [6, 6.07) is 0. The molecule has 1 radical (unpaired) electrons. The summed E-state index contributed by atoms with van der Waals surface area (Å²) in [4.78, 5) is 0. The minimum atomic E-state index is 0.572. The van der Waals surface area contributed by atoms with Gasteiger partial charge in [-0.3, -0.25) is 0 Å². The van der Waals surface area contributed by atoms with Crippen molar-refractivity contribution in [3.05, 3.63) is 6.92 Å². The first-order valence-electron chi connectivity index (χ1n) is 6.41. The van der Waals surface area contributed by atoms with Gasteiger partial charge in [-0.05, 0) is 18.3 Å². The second-order valence-corrected chi connectivity index (χ2v) is 5.29. The van der Waals surface area contributed by atoms with E-state index < -0.39 is 0 Å². The van der Waals surface area contributed by atoms with Gasteiger partial charge in [0.1, 0.15) is 0 Å². The van der Waals surface area contributed by atoms with E-state index >= 15 is 0 Å². The topological polar surface area (TPSA) is 0 Å². The first kappa shape index (κ1) is 14.0. The molecule has 0 saturated heterocycles. The van der Waals surface area contributed by atoms with Crippen molar-refractivity contribution in [3.63, 3.8) is 0 Å². The van der Waals surface area contributed by atoms with Gasteiger partial charge in [0.2, 0.25) is 0 Å². The molecule has 0 aliphatic carbocycles. The van der Waals surface area contributed by atoms with Gasteiger partial charge in [-0.1, -0.05) is 72.6 Å². The van der Waals surface area contributed by atoms with Gasteiger partial charge in [0, 0.05) is 0 Å². The Bertz CT molecular complexity index is 113. The molecular weight excluding hydrogens is 168 g/mol. The van der Waals surface area contributed by atoms with E-state index in [2.05, 4.69) is 27.7 Å². The molecule has 85 valence electrons. The lowest BCUT2D eigenvalue weighted by Crippen LogP contribution is -2.10. The smallest absolute Gasteiger partial charge is 0.0354 e. The Morgan fingerprint density at radius 1 is 0.857 bits per heavy atom. The molecule has 0 atom stereocenters. The Balaban J connectivity index is 3.40. The van der Waals surface area contributed by atoms with Gasteiger partial charge in [-0.25, -0.2) is 0 Å². The number of hydrogen-bond donors (Lipinski definition) is 0. The molecule has 0 bridgehead atoms. The molecule has 0 aliphatic heterocycles. The quantitative estimate of drug-likeness (QED) is 0.435. The van der Waals surface area contributed by atoms with E-state index in [1.165, 1.54) is 51.4 Å². The van der Waals surface area contributed by atoms with Crippen LogP contribution in [0.2, 0.25) is 0 Å². The van der Waals surface area contributed by atoms with E-state index in [-0.39, 0.29) is 0 Å². The molecule has 0 saturated carbocycles. The summed E-state index contributed by atoms with van der Waals surface area (Å²) >= 11 is 0. The second-order valence-electron chi connectivity index (χ2n) is 5.29. The molecule has 0 rings (SSSR count). The Labute approximate surface area is 91.5 Å². The van der Waals surface area contributed by atoms with Crippen molar-refractivity contribution in [2.75, 3.05) is 0 Å².